The second-order valence-corrected chi connectivity index (χ2v) is 3.17. The normalized spacial score (nSPS) is 12.9. The van der Waals surface area contributed by atoms with Gasteiger partial charge >= 0.3 is 0 Å². The van der Waals surface area contributed by atoms with E-state index in [-0.39, 0.29) is 11.2 Å². The van der Waals surface area contributed by atoms with Crippen LogP contribution in [0.3, 0.4) is 0 Å². The lowest BCUT2D eigenvalue weighted by Crippen LogP contribution is -2.31. The first kappa shape index (κ1) is 10.4. The number of aromatic nitrogens is 1. The third-order valence-electron chi connectivity index (χ3n) is 1.65. The van der Waals surface area contributed by atoms with E-state index in [1.54, 1.807) is 0 Å². The van der Waals surface area contributed by atoms with Crippen molar-refractivity contribution >= 4 is 11.6 Å². The van der Waals surface area contributed by atoms with E-state index in [4.69, 9.17) is 23.1 Å². The first-order valence-electron chi connectivity index (χ1n) is 3.89. The molecule has 0 aromatic carbocycles. The van der Waals surface area contributed by atoms with Gasteiger partial charge in [0.15, 0.2) is 11.0 Å². The third-order valence-corrected chi connectivity index (χ3v) is 1.93. The summed E-state index contributed by atoms with van der Waals surface area (Å²) >= 11 is 5.41. The molecule has 1 atom stereocenters. The van der Waals surface area contributed by atoms with Crippen LogP contribution in [0.2, 0.25) is 5.15 Å². The number of halogens is 2. The molecular formula is C8H11ClFN3. The van der Waals surface area contributed by atoms with Crippen molar-refractivity contribution in [1.82, 2.24) is 4.98 Å². The van der Waals surface area contributed by atoms with Crippen molar-refractivity contribution in [1.29, 1.82) is 0 Å². The van der Waals surface area contributed by atoms with Crippen molar-refractivity contribution in [3.8, 4) is 0 Å². The fraction of sp³-hybridized carbons (Fsp3) is 0.375. The first-order valence-corrected chi connectivity index (χ1v) is 4.27. The maximum atomic E-state index is 12.9. The summed E-state index contributed by atoms with van der Waals surface area (Å²) in [6.07, 6.45) is 2.01. The van der Waals surface area contributed by atoms with Crippen molar-refractivity contribution in [3.63, 3.8) is 0 Å². The van der Waals surface area contributed by atoms with Crippen molar-refractivity contribution in [2.45, 2.75) is 12.5 Å². The van der Waals surface area contributed by atoms with Crippen molar-refractivity contribution in [2.75, 3.05) is 6.54 Å². The van der Waals surface area contributed by atoms with Crippen LogP contribution in [0.15, 0.2) is 12.3 Å². The molecule has 4 N–H and O–H groups in total. The molecule has 3 nitrogen and oxygen atoms in total. The third kappa shape index (κ3) is 2.91. The Bertz CT molecular complexity index is 293. The Kier molecular flexibility index (Phi) is 3.59. The second-order valence-electron chi connectivity index (χ2n) is 2.82. The number of pyridine rings is 1. The molecule has 13 heavy (non-hydrogen) atoms. The van der Waals surface area contributed by atoms with Crippen LogP contribution >= 0.6 is 11.6 Å². The summed E-state index contributed by atoms with van der Waals surface area (Å²) in [5.74, 6) is -0.525. The zero-order chi connectivity index (χ0) is 9.84. The van der Waals surface area contributed by atoms with Crippen LogP contribution in [-0.2, 0) is 6.42 Å². The van der Waals surface area contributed by atoms with Gasteiger partial charge in [-0.15, -0.1) is 0 Å². The Morgan fingerprint density at radius 2 is 2.31 bits per heavy atom. The Morgan fingerprint density at radius 1 is 1.62 bits per heavy atom. The molecule has 0 saturated heterocycles. The molecule has 0 bridgehead atoms. The minimum atomic E-state index is -0.525. The van der Waals surface area contributed by atoms with E-state index in [0.29, 0.717) is 18.5 Å². The topological polar surface area (TPSA) is 64.9 Å². The van der Waals surface area contributed by atoms with Crippen LogP contribution in [0.4, 0.5) is 4.39 Å². The smallest absolute Gasteiger partial charge is 0.164 e. The molecule has 1 unspecified atom stereocenters. The molecule has 0 saturated carbocycles. The number of nitrogens with two attached hydrogens (primary N) is 2. The van der Waals surface area contributed by atoms with Crippen LogP contribution in [0.5, 0.6) is 0 Å². The molecule has 1 aromatic heterocycles. The van der Waals surface area contributed by atoms with Crippen molar-refractivity contribution in [3.05, 3.63) is 28.8 Å². The summed E-state index contributed by atoms with van der Waals surface area (Å²) in [5.41, 5.74) is 11.6. The minimum Gasteiger partial charge on any atom is -0.329 e. The second kappa shape index (κ2) is 4.50. The van der Waals surface area contributed by atoms with Crippen molar-refractivity contribution < 1.29 is 4.39 Å². The average molecular weight is 204 g/mol. The Morgan fingerprint density at radius 3 is 2.85 bits per heavy atom. The largest absolute Gasteiger partial charge is 0.329 e. The van der Waals surface area contributed by atoms with Crippen LogP contribution in [0.25, 0.3) is 0 Å². The minimum absolute atomic E-state index is 0.120. The summed E-state index contributed by atoms with van der Waals surface area (Å²) < 4.78 is 12.9. The Labute approximate surface area is 80.9 Å². The van der Waals surface area contributed by atoms with E-state index in [9.17, 15) is 4.39 Å². The fourth-order valence-electron chi connectivity index (χ4n) is 0.959. The van der Waals surface area contributed by atoms with Gasteiger partial charge in [0, 0.05) is 18.8 Å². The van der Waals surface area contributed by atoms with Gasteiger partial charge in [-0.2, -0.15) is 0 Å². The number of hydrogen-bond acceptors (Lipinski definition) is 3. The number of rotatable bonds is 3. The average Bonchev–Trinajstić information content (AvgIpc) is 2.11. The highest BCUT2D eigenvalue weighted by molar-refractivity contribution is 6.29. The zero-order valence-electron chi connectivity index (χ0n) is 7.00. The molecule has 0 amide bonds. The van der Waals surface area contributed by atoms with Gasteiger partial charge in [0.2, 0.25) is 0 Å². The number of nitrogens with zero attached hydrogens (tertiary/aromatic N) is 1. The highest BCUT2D eigenvalue weighted by Gasteiger charge is 2.05. The Hall–Kier alpha value is -0.710. The molecule has 0 aliphatic carbocycles. The van der Waals surface area contributed by atoms with Gasteiger partial charge in [-0.1, -0.05) is 11.6 Å². The zero-order valence-corrected chi connectivity index (χ0v) is 7.76. The van der Waals surface area contributed by atoms with E-state index < -0.39 is 5.82 Å². The van der Waals surface area contributed by atoms with E-state index in [2.05, 4.69) is 4.98 Å². The first-order chi connectivity index (χ1) is 6.13. The van der Waals surface area contributed by atoms with Gasteiger partial charge in [0.25, 0.3) is 0 Å². The lowest BCUT2D eigenvalue weighted by molar-refractivity contribution is 0.613. The standard InChI is InChI=1S/C8H11ClFN3/c9-8-7(10)2-5(4-13-8)1-6(12)3-11/h2,4,6H,1,3,11-12H2. The molecule has 72 valence electrons. The summed E-state index contributed by atoms with van der Waals surface area (Å²) in [7, 11) is 0. The summed E-state index contributed by atoms with van der Waals surface area (Å²) in [4.78, 5) is 3.66. The molecule has 5 heteroatoms. The molecule has 0 fully saturated rings. The van der Waals surface area contributed by atoms with Gasteiger partial charge in [-0.05, 0) is 18.1 Å². The molecular weight excluding hydrogens is 193 g/mol. The highest BCUT2D eigenvalue weighted by atomic mass is 35.5. The Balaban J connectivity index is 2.73. The quantitative estimate of drug-likeness (QED) is 0.711. The molecule has 0 aliphatic rings. The highest BCUT2D eigenvalue weighted by Crippen LogP contribution is 2.12. The monoisotopic (exact) mass is 203 g/mol. The fourth-order valence-corrected chi connectivity index (χ4v) is 1.06. The molecule has 0 spiro atoms. The summed E-state index contributed by atoms with van der Waals surface area (Å²) in [6.45, 7) is 0.365. The van der Waals surface area contributed by atoms with Gasteiger partial charge in [0.05, 0.1) is 0 Å². The maximum Gasteiger partial charge on any atom is 0.164 e. The molecule has 1 heterocycles. The summed E-state index contributed by atoms with van der Waals surface area (Å²) in [6, 6.07) is 1.16. The van der Waals surface area contributed by atoms with Crippen molar-refractivity contribution in [2.24, 2.45) is 11.5 Å². The van der Waals surface area contributed by atoms with E-state index in [1.807, 2.05) is 0 Å². The van der Waals surface area contributed by atoms with Gasteiger partial charge in [-0.25, -0.2) is 9.37 Å². The van der Waals surface area contributed by atoms with Gasteiger partial charge in [-0.3, -0.25) is 0 Å². The predicted octanol–water partition coefficient (Wildman–Crippen LogP) is 0.703. The molecule has 0 radical (unpaired) electrons. The van der Waals surface area contributed by atoms with Crippen LogP contribution < -0.4 is 11.5 Å². The lowest BCUT2D eigenvalue weighted by atomic mass is 10.1. The van der Waals surface area contributed by atoms with Crippen LogP contribution in [0, 0.1) is 5.82 Å². The van der Waals surface area contributed by atoms with Crippen LogP contribution in [-0.4, -0.2) is 17.6 Å². The van der Waals surface area contributed by atoms with Gasteiger partial charge < -0.3 is 11.5 Å². The molecule has 1 aromatic rings. The molecule has 0 aliphatic heterocycles. The summed E-state index contributed by atoms with van der Waals surface area (Å²) in [5, 5.41) is -0.120. The van der Waals surface area contributed by atoms with E-state index >= 15 is 0 Å². The number of hydrogen-bond donors (Lipinski definition) is 2. The van der Waals surface area contributed by atoms with Crippen LogP contribution in [0.1, 0.15) is 5.56 Å². The maximum absolute atomic E-state index is 12.9. The van der Waals surface area contributed by atoms with E-state index in [0.717, 1.165) is 0 Å². The SMILES string of the molecule is NCC(N)Cc1cnc(Cl)c(F)c1. The lowest BCUT2D eigenvalue weighted by Gasteiger charge is -2.07. The van der Waals surface area contributed by atoms with E-state index in [1.165, 1.54) is 12.3 Å². The van der Waals surface area contributed by atoms with Gasteiger partial charge in [0.1, 0.15) is 0 Å². The predicted molar refractivity (Wildman–Crippen MR) is 49.9 cm³/mol. The molecule has 1 rings (SSSR count).